The van der Waals surface area contributed by atoms with E-state index in [1.807, 2.05) is 18.2 Å². The van der Waals surface area contributed by atoms with Crippen molar-refractivity contribution < 1.29 is 4.79 Å². The number of benzene rings is 2. The van der Waals surface area contributed by atoms with E-state index in [0.29, 0.717) is 12.5 Å². The van der Waals surface area contributed by atoms with Gasteiger partial charge in [-0.1, -0.05) is 68.4 Å². The van der Waals surface area contributed by atoms with Gasteiger partial charge in [-0.05, 0) is 41.9 Å². The van der Waals surface area contributed by atoms with Crippen LogP contribution < -0.4 is 10.6 Å². The molecule has 3 rings (SSSR count). The summed E-state index contributed by atoms with van der Waals surface area (Å²) < 4.78 is 0. The molecule has 0 aromatic heterocycles. The lowest BCUT2D eigenvalue weighted by Gasteiger charge is -2.27. The molecule has 0 saturated carbocycles. The number of hydrogen-bond acceptors (Lipinski definition) is 2. The summed E-state index contributed by atoms with van der Waals surface area (Å²) in [7, 11) is 0. The van der Waals surface area contributed by atoms with Crippen LogP contribution in [-0.4, -0.2) is 12.5 Å². The number of hydrogen-bond donors (Lipinski definition) is 2. The Hall–Kier alpha value is -2.13. The second-order valence-electron chi connectivity index (χ2n) is 7.22. The molecule has 1 amide bonds. The molecule has 2 atom stereocenters. The molecular weight excluding hydrogens is 308 g/mol. The number of carbonyl (C=O) groups is 1. The van der Waals surface area contributed by atoms with E-state index in [4.69, 9.17) is 0 Å². The third-order valence-corrected chi connectivity index (χ3v) is 5.01. The molecule has 1 aliphatic carbocycles. The Labute approximate surface area is 150 Å². The van der Waals surface area contributed by atoms with E-state index in [-0.39, 0.29) is 18.0 Å². The predicted octanol–water partition coefficient (Wildman–Crippen LogP) is 4.17. The van der Waals surface area contributed by atoms with Crippen molar-refractivity contribution in [2.75, 3.05) is 6.54 Å². The van der Waals surface area contributed by atoms with Crippen LogP contribution in [0.25, 0.3) is 0 Å². The Morgan fingerprint density at radius 3 is 2.56 bits per heavy atom. The fourth-order valence-electron chi connectivity index (χ4n) is 3.75. The molecule has 3 heteroatoms. The average Bonchev–Trinajstić information content (AvgIpc) is 2.63. The Kier molecular flexibility index (Phi) is 5.87. The van der Waals surface area contributed by atoms with Gasteiger partial charge in [-0.25, -0.2) is 0 Å². The zero-order valence-electron chi connectivity index (χ0n) is 15.2. The van der Waals surface area contributed by atoms with Gasteiger partial charge in [0.05, 0.1) is 12.6 Å². The highest BCUT2D eigenvalue weighted by Crippen LogP contribution is 2.29. The molecule has 0 spiro atoms. The standard InChI is InChI=1S/C22H28N2O/c1-16(2)22(18-10-4-3-5-11-18)23-15-21(25)24-20-14-8-12-17-9-6-7-13-19(17)20/h3-7,9-11,13,16,20,22-23H,8,12,14-15H2,1-2H3,(H,24,25)/t20-,22-/m1/s1. The highest BCUT2D eigenvalue weighted by Gasteiger charge is 2.22. The van der Waals surface area contributed by atoms with Gasteiger partial charge in [-0.3, -0.25) is 4.79 Å². The van der Waals surface area contributed by atoms with E-state index in [1.54, 1.807) is 0 Å². The van der Waals surface area contributed by atoms with E-state index in [9.17, 15) is 4.79 Å². The summed E-state index contributed by atoms with van der Waals surface area (Å²) in [5, 5.41) is 6.66. The van der Waals surface area contributed by atoms with E-state index in [2.05, 4.69) is 60.9 Å². The first-order valence-corrected chi connectivity index (χ1v) is 9.30. The first kappa shape index (κ1) is 17.7. The average molecular weight is 336 g/mol. The molecule has 2 aromatic rings. The van der Waals surface area contributed by atoms with Gasteiger partial charge in [-0.15, -0.1) is 0 Å². The van der Waals surface area contributed by atoms with Gasteiger partial charge in [0.15, 0.2) is 0 Å². The number of nitrogens with one attached hydrogen (secondary N) is 2. The van der Waals surface area contributed by atoms with Crippen molar-refractivity contribution in [3.63, 3.8) is 0 Å². The van der Waals surface area contributed by atoms with Crippen LogP contribution in [0.1, 0.15) is 55.5 Å². The molecule has 0 saturated heterocycles. The maximum Gasteiger partial charge on any atom is 0.234 e. The molecule has 0 heterocycles. The van der Waals surface area contributed by atoms with Gasteiger partial charge in [0.1, 0.15) is 0 Å². The summed E-state index contributed by atoms with van der Waals surface area (Å²) >= 11 is 0. The SMILES string of the molecule is CC(C)[C@@H](NCC(=O)N[C@@H]1CCCc2ccccc21)c1ccccc1. The van der Waals surface area contributed by atoms with Gasteiger partial charge in [0.25, 0.3) is 0 Å². The van der Waals surface area contributed by atoms with Gasteiger partial charge < -0.3 is 10.6 Å². The van der Waals surface area contributed by atoms with Crippen molar-refractivity contribution in [2.24, 2.45) is 5.92 Å². The van der Waals surface area contributed by atoms with Crippen molar-refractivity contribution >= 4 is 5.91 Å². The first-order valence-electron chi connectivity index (χ1n) is 9.30. The lowest BCUT2D eigenvalue weighted by molar-refractivity contribution is -0.121. The third kappa shape index (κ3) is 4.49. The van der Waals surface area contributed by atoms with Crippen LogP contribution in [0.4, 0.5) is 0 Å². The summed E-state index contributed by atoms with van der Waals surface area (Å²) in [6.45, 7) is 4.70. The summed E-state index contributed by atoms with van der Waals surface area (Å²) in [4.78, 5) is 12.5. The summed E-state index contributed by atoms with van der Waals surface area (Å²) in [5.74, 6) is 0.494. The number of fused-ring (bicyclic) bond motifs is 1. The summed E-state index contributed by atoms with van der Waals surface area (Å²) in [5.41, 5.74) is 3.88. The lowest BCUT2D eigenvalue weighted by Crippen LogP contribution is -2.39. The maximum absolute atomic E-state index is 12.5. The van der Waals surface area contributed by atoms with E-state index in [0.717, 1.165) is 19.3 Å². The van der Waals surface area contributed by atoms with Crippen LogP contribution in [0.5, 0.6) is 0 Å². The molecule has 0 unspecified atom stereocenters. The summed E-state index contributed by atoms with van der Waals surface area (Å²) in [6, 6.07) is 19.2. The van der Waals surface area contributed by atoms with Gasteiger partial charge in [0, 0.05) is 6.04 Å². The summed E-state index contributed by atoms with van der Waals surface area (Å²) in [6.07, 6.45) is 3.27. The van der Waals surface area contributed by atoms with Crippen molar-refractivity contribution in [3.05, 3.63) is 71.3 Å². The molecular formula is C22H28N2O. The van der Waals surface area contributed by atoms with E-state index < -0.39 is 0 Å². The highest BCUT2D eigenvalue weighted by molar-refractivity contribution is 5.78. The number of amides is 1. The Morgan fingerprint density at radius 2 is 1.80 bits per heavy atom. The molecule has 132 valence electrons. The maximum atomic E-state index is 12.5. The molecule has 2 N–H and O–H groups in total. The van der Waals surface area contributed by atoms with E-state index >= 15 is 0 Å². The Balaban J connectivity index is 1.60. The topological polar surface area (TPSA) is 41.1 Å². The quantitative estimate of drug-likeness (QED) is 0.831. The molecule has 2 aromatic carbocycles. The number of carbonyl (C=O) groups excluding carboxylic acids is 1. The largest absolute Gasteiger partial charge is 0.348 e. The van der Waals surface area contributed by atoms with Crippen LogP contribution >= 0.6 is 0 Å². The number of rotatable bonds is 6. The lowest BCUT2D eigenvalue weighted by atomic mass is 9.88. The minimum absolute atomic E-state index is 0.0725. The molecule has 0 aliphatic heterocycles. The first-order chi connectivity index (χ1) is 12.1. The Morgan fingerprint density at radius 1 is 1.08 bits per heavy atom. The fourth-order valence-corrected chi connectivity index (χ4v) is 3.75. The molecule has 1 aliphatic rings. The van der Waals surface area contributed by atoms with Gasteiger partial charge in [0.2, 0.25) is 5.91 Å². The molecule has 25 heavy (non-hydrogen) atoms. The second-order valence-corrected chi connectivity index (χ2v) is 7.22. The van der Waals surface area contributed by atoms with Gasteiger partial charge >= 0.3 is 0 Å². The molecule has 0 radical (unpaired) electrons. The molecule has 0 fully saturated rings. The van der Waals surface area contributed by atoms with Crippen molar-refractivity contribution in [1.82, 2.24) is 10.6 Å². The normalized spacial score (nSPS) is 17.8. The van der Waals surface area contributed by atoms with Gasteiger partial charge in [-0.2, -0.15) is 0 Å². The minimum Gasteiger partial charge on any atom is -0.348 e. The van der Waals surface area contributed by atoms with Crippen LogP contribution in [-0.2, 0) is 11.2 Å². The minimum atomic E-state index is 0.0725. The van der Waals surface area contributed by atoms with Crippen LogP contribution in [0, 0.1) is 5.92 Å². The van der Waals surface area contributed by atoms with Crippen LogP contribution in [0.15, 0.2) is 54.6 Å². The zero-order chi connectivity index (χ0) is 17.6. The predicted molar refractivity (Wildman–Crippen MR) is 102 cm³/mol. The molecule has 3 nitrogen and oxygen atoms in total. The monoisotopic (exact) mass is 336 g/mol. The smallest absolute Gasteiger partial charge is 0.234 e. The third-order valence-electron chi connectivity index (χ3n) is 5.01. The highest BCUT2D eigenvalue weighted by atomic mass is 16.2. The van der Waals surface area contributed by atoms with Crippen LogP contribution in [0.3, 0.4) is 0 Å². The number of aryl methyl sites for hydroxylation is 1. The Bertz CT molecular complexity index is 696. The van der Waals surface area contributed by atoms with E-state index in [1.165, 1.54) is 16.7 Å². The van der Waals surface area contributed by atoms with Crippen molar-refractivity contribution in [3.8, 4) is 0 Å². The van der Waals surface area contributed by atoms with Crippen molar-refractivity contribution in [2.45, 2.75) is 45.2 Å². The molecule has 0 bridgehead atoms. The van der Waals surface area contributed by atoms with Crippen LogP contribution in [0.2, 0.25) is 0 Å². The van der Waals surface area contributed by atoms with Crippen molar-refractivity contribution in [1.29, 1.82) is 0 Å². The zero-order valence-corrected chi connectivity index (χ0v) is 15.2. The fraction of sp³-hybridized carbons (Fsp3) is 0.409. The second kappa shape index (κ2) is 8.30.